The zero-order chi connectivity index (χ0) is 26.9. The van der Waals surface area contributed by atoms with Crippen LogP contribution in [0.4, 0.5) is 10.8 Å². The van der Waals surface area contributed by atoms with Crippen molar-refractivity contribution in [1.29, 1.82) is 0 Å². The van der Waals surface area contributed by atoms with Crippen molar-refractivity contribution in [2.45, 2.75) is 9.10 Å². The molecule has 0 saturated heterocycles. The van der Waals surface area contributed by atoms with E-state index in [9.17, 15) is 28.1 Å². The second-order valence-electron chi connectivity index (χ2n) is 8.06. The molecule has 0 fully saturated rings. The smallest absolute Gasteiger partial charge is 0.339 e. The van der Waals surface area contributed by atoms with E-state index in [2.05, 4.69) is 10.3 Å². The summed E-state index contributed by atoms with van der Waals surface area (Å²) in [7, 11) is -4.00. The summed E-state index contributed by atoms with van der Waals surface area (Å²) in [4.78, 5) is 39.5. The standard InChI is InChI=1S/C26H17N3O7S2/c30-22(28-26-27-14-23(37-26)38(34,35)19-11-9-18(10-12-19)29(32)33)15-36-25(31)24-20-7-3-1-5-16(20)13-17-6-2-4-8-21(17)24/h1-14H,15H2,(H,27,28,30). The average Bonchev–Trinajstić information content (AvgIpc) is 3.39. The second kappa shape index (κ2) is 10.00. The zero-order valence-corrected chi connectivity index (χ0v) is 21.0. The van der Waals surface area contributed by atoms with Gasteiger partial charge in [-0.3, -0.25) is 20.2 Å². The number of thiazole rings is 1. The number of nitro benzene ring substituents is 1. The van der Waals surface area contributed by atoms with Crippen LogP contribution in [0.5, 0.6) is 0 Å². The fourth-order valence-corrected chi connectivity index (χ4v) is 6.35. The van der Waals surface area contributed by atoms with Gasteiger partial charge in [-0.05, 0) is 39.7 Å². The van der Waals surface area contributed by atoms with E-state index >= 15 is 0 Å². The topological polar surface area (TPSA) is 146 Å². The highest BCUT2D eigenvalue weighted by Gasteiger charge is 2.23. The average molecular weight is 548 g/mol. The van der Waals surface area contributed by atoms with Gasteiger partial charge in [-0.25, -0.2) is 18.2 Å². The van der Waals surface area contributed by atoms with Crippen LogP contribution >= 0.6 is 11.3 Å². The molecule has 38 heavy (non-hydrogen) atoms. The van der Waals surface area contributed by atoms with Gasteiger partial charge in [-0.2, -0.15) is 0 Å². The number of rotatable bonds is 7. The summed E-state index contributed by atoms with van der Waals surface area (Å²) in [6.45, 7) is -0.611. The van der Waals surface area contributed by atoms with Crippen LogP contribution in [0.3, 0.4) is 0 Å². The lowest BCUT2D eigenvalue weighted by atomic mass is 9.97. The largest absolute Gasteiger partial charge is 0.452 e. The maximum Gasteiger partial charge on any atom is 0.339 e. The van der Waals surface area contributed by atoms with Gasteiger partial charge in [0.05, 0.1) is 21.6 Å². The van der Waals surface area contributed by atoms with Gasteiger partial charge in [0.15, 0.2) is 11.7 Å². The van der Waals surface area contributed by atoms with E-state index in [4.69, 9.17) is 4.74 Å². The Hall–Kier alpha value is -4.68. The number of non-ortho nitro benzene ring substituents is 1. The summed E-state index contributed by atoms with van der Waals surface area (Å²) in [5.74, 6) is -1.37. The molecule has 0 saturated carbocycles. The molecule has 1 heterocycles. The first kappa shape index (κ1) is 25.0. The molecule has 0 unspecified atom stereocenters. The molecule has 0 aliphatic rings. The molecule has 190 valence electrons. The maximum absolute atomic E-state index is 13.1. The Balaban J connectivity index is 1.29. The van der Waals surface area contributed by atoms with Crippen LogP contribution in [0.15, 0.2) is 94.2 Å². The van der Waals surface area contributed by atoms with Crippen molar-refractivity contribution in [3.05, 3.63) is 101 Å². The van der Waals surface area contributed by atoms with Gasteiger partial charge in [0.1, 0.15) is 4.21 Å². The van der Waals surface area contributed by atoms with Gasteiger partial charge in [0, 0.05) is 12.1 Å². The highest BCUT2D eigenvalue weighted by molar-refractivity contribution is 7.93. The lowest BCUT2D eigenvalue weighted by Gasteiger charge is -2.11. The number of anilines is 1. The third-order valence-electron chi connectivity index (χ3n) is 5.66. The van der Waals surface area contributed by atoms with E-state index in [1.807, 2.05) is 42.5 Å². The van der Waals surface area contributed by atoms with Crippen molar-refractivity contribution in [3.8, 4) is 0 Å². The molecule has 0 aliphatic carbocycles. The number of carbonyl (C=O) groups excluding carboxylic acids is 2. The number of hydrogen-bond acceptors (Lipinski definition) is 9. The van der Waals surface area contributed by atoms with Crippen LogP contribution in [0, 0.1) is 10.1 Å². The number of carbonyl (C=O) groups is 2. The monoisotopic (exact) mass is 547 g/mol. The Morgan fingerprint density at radius 1 is 0.947 bits per heavy atom. The fourth-order valence-electron chi connectivity index (χ4n) is 3.90. The highest BCUT2D eigenvalue weighted by Crippen LogP contribution is 2.30. The van der Waals surface area contributed by atoms with Crippen LogP contribution in [0.25, 0.3) is 21.5 Å². The van der Waals surface area contributed by atoms with Crippen LogP contribution in [0.2, 0.25) is 0 Å². The van der Waals surface area contributed by atoms with E-state index in [1.54, 1.807) is 12.1 Å². The van der Waals surface area contributed by atoms with Gasteiger partial charge >= 0.3 is 5.97 Å². The summed E-state index contributed by atoms with van der Waals surface area (Å²) in [6, 6.07) is 21.1. The number of esters is 1. The van der Waals surface area contributed by atoms with Crippen molar-refractivity contribution >= 4 is 65.4 Å². The van der Waals surface area contributed by atoms with Gasteiger partial charge in [0.25, 0.3) is 11.6 Å². The van der Waals surface area contributed by atoms with Crippen LogP contribution in [-0.4, -0.2) is 36.8 Å². The third-order valence-corrected chi connectivity index (χ3v) is 8.81. The molecule has 0 bridgehead atoms. The number of nitro groups is 1. The minimum Gasteiger partial charge on any atom is -0.452 e. The number of nitrogens with zero attached hydrogens (tertiary/aromatic N) is 2. The molecule has 1 N–H and O–H groups in total. The molecule has 0 aliphatic heterocycles. The minimum absolute atomic E-state index is 0.0119. The quantitative estimate of drug-likeness (QED) is 0.130. The number of ether oxygens (including phenoxy) is 1. The Morgan fingerprint density at radius 2 is 1.55 bits per heavy atom. The van der Waals surface area contributed by atoms with Crippen LogP contribution in [0.1, 0.15) is 10.4 Å². The Labute approximate surface area is 219 Å². The maximum atomic E-state index is 13.1. The van der Waals surface area contributed by atoms with Crippen molar-refractivity contribution in [1.82, 2.24) is 4.98 Å². The van der Waals surface area contributed by atoms with Crippen molar-refractivity contribution in [2.24, 2.45) is 0 Å². The number of sulfone groups is 1. The van der Waals surface area contributed by atoms with Crippen molar-refractivity contribution < 1.29 is 27.7 Å². The summed E-state index contributed by atoms with van der Waals surface area (Å²) < 4.78 is 30.8. The first-order chi connectivity index (χ1) is 18.2. The number of fused-ring (bicyclic) bond motifs is 2. The SMILES string of the molecule is O=C(COC(=O)c1c2ccccc2cc2ccccc12)Nc1ncc(S(=O)(=O)c2ccc([N+](=O)[O-])cc2)s1. The summed E-state index contributed by atoms with van der Waals surface area (Å²) >= 11 is 0.702. The molecule has 0 spiro atoms. The summed E-state index contributed by atoms with van der Waals surface area (Å²) in [6.07, 6.45) is 1.07. The lowest BCUT2D eigenvalue weighted by Crippen LogP contribution is -2.21. The molecule has 4 aromatic carbocycles. The fraction of sp³-hybridized carbons (Fsp3) is 0.0385. The molecular weight excluding hydrogens is 530 g/mol. The molecule has 0 radical (unpaired) electrons. The van der Waals surface area contributed by atoms with Gasteiger partial charge in [-0.1, -0.05) is 59.9 Å². The molecule has 0 atom stereocenters. The van der Waals surface area contributed by atoms with E-state index in [-0.39, 0.29) is 19.9 Å². The Morgan fingerprint density at radius 3 is 2.16 bits per heavy atom. The van der Waals surface area contributed by atoms with Gasteiger partial charge < -0.3 is 4.74 Å². The van der Waals surface area contributed by atoms with Gasteiger partial charge in [-0.15, -0.1) is 0 Å². The highest BCUT2D eigenvalue weighted by atomic mass is 32.2. The van der Waals surface area contributed by atoms with E-state index in [0.717, 1.165) is 41.2 Å². The molecule has 1 aromatic heterocycles. The first-order valence-electron chi connectivity index (χ1n) is 11.1. The molecule has 5 rings (SSSR count). The lowest BCUT2D eigenvalue weighted by molar-refractivity contribution is -0.384. The van der Waals surface area contributed by atoms with Crippen molar-refractivity contribution in [3.63, 3.8) is 0 Å². The predicted octanol–water partition coefficient (Wildman–Crippen LogP) is 4.99. The van der Waals surface area contributed by atoms with Crippen LogP contribution in [-0.2, 0) is 19.4 Å². The predicted molar refractivity (Wildman–Crippen MR) is 141 cm³/mol. The Kier molecular flexibility index (Phi) is 6.57. The Bertz CT molecular complexity index is 1780. The summed E-state index contributed by atoms with van der Waals surface area (Å²) in [5, 5.41) is 16.3. The molecular formula is C26H17N3O7S2. The van der Waals surface area contributed by atoms with Gasteiger partial charge in [0.2, 0.25) is 9.84 Å². The number of nitrogens with one attached hydrogen (secondary N) is 1. The van der Waals surface area contributed by atoms with Crippen molar-refractivity contribution in [2.75, 3.05) is 11.9 Å². The normalized spacial score (nSPS) is 11.4. The number of hydrogen-bond donors (Lipinski definition) is 1. The molecule has 1 amide bonds. The second-order valence-corrected chi connectivity index (χ2v) is 11.3. The molecule has 12 heteroatoms. The number of aromatic nitrogens is 1. The van der Waals surface area contributed by atoms with E-state index in [0.29, 0.717) is 27.7 Å². The van der Waals surface area contributed by atoms with E-state index < -0.39 is 33.2 Å². The van der Waals surface area contributed by atoms with Crippen LogP contribution < -0.4 is 5.32 Å². The molecule has 5 aromatic rings. The number of benzene rings is 4. The molecule has 10 nitrogen and oxygen atoms in total. The number of amides is 1. The summed E-state index contributed by atoms with van der Waals surface area (Å²) in [5.41, 5.74) is 0.101. The van der Waals surface area contributed by atoms with E-state index in [1.165, 1.54) is 0 Å². The minimum atomic E-state index is -4.00. The first-order valence-corrected chi connectivity index (χ1v) is 13.4. The third kappa shape index (κ3) is 4.82. The zero-order valence-electron chi connectivity index (χ0n) is 19.4.